The Hall–Kier alpha value is -1.23. The van der Waals surface area contributed by atoms with Crippen LogP contribution in [-0.4, -0.2) is 18.2 Å². The van der Waals surface area contributed by atoms with Crippen molar-refractivity contribution in [2.45, 2.75) is 6.67 Å². The maximum atomic E-state index is 12.4. The molecule has 7 heteroatoms. The molecule has 0 aliphatic heterocycles. The van der Waals surface area contributed by atoms with E-state index in [0.29, 0.717) is 21.5 Å². The van der Waals surface area contributed by atoms with Crippen molar-refractivity contribution in [3.8, 4) is 11.5 Å². The SMILES string of the molecule is FCc1ccc(OCCOc2ccc(Cl)cc2Cl)c(Cl)n1. The molecule has 0 atom stereocenters. The number of alkyl halides is 1. The van der Waals surface area contributed by atoms with Crippen LogP contribution in [0.3, 0.4) is 0 Å². The smallest absolute Gasteiger partial charge is 0.171 e. The third-order valence-corrected chi connectivity index (χ3v) is 3.30. The molecule has 0 aliphatic carbocycles. The molecule has 0 aliphatic rings. The molecule has 0 unspecified atom stereocenters. The fourth-order valence-corrected chi connectivity index (χ4v) is 2.23. The van der Waals surface area contributed by atoms with Gasteiger partial charge in [-0.1, -0.05) is 34.8 Å². The lowest BCUT2D eigenvalue weighted by atomic mass is 10.3. The molecule has 3 nitrogen and oxygen atoms in total. The van der Waals surface area contributed by atoms with Crippen LogP contribution in [0.25, 0.3) is 0 Å². The van der Waals surface area contributed by atoms with E-state index in [2.05, 4.69) is 4.98 Å². The highest BCUT2D eigenvalue weighted by atomic mass is 35.5. The number of halogens is 4. The summed E-state index contributed by atoms with van der Waals surface area (Å²) in [4.78, 5) is 3.84. The first-order chi connectivity index (χ1) is 10.1. The number of hydrogen-bond acceptors (Lipinski definition) is 3. The summed E-state index contributed by atoms with van der Waals surface area (Å²) in [5.41, 5.74) is 0.261. The maximum Gasteiger partial charge on any atom is 0.171 e. The van der Waals surface area contributed by atoms with Gasteiger partial charge < -0.3 is 9.47 Å². The van der Waals surface area contributed by atoms with Crippen LogP contribution in [0.15, 0.2) is 30.3 Å². The Morgan fingerprint density at radius 1 is 0.952 bits per heavy atom. The summed E-state index contributed by atoms with van der Waals surface area (Å²) in [6.45, 7) is -0.157. The molecule has 0 saturated heterocycles. The number of benzene rings is 1. The van der Waals surface area contributed by atoms with Gasteiger partial charge in [0.1, 0.15) is 25.6 Å². The van der Waals surface area contributed by atoms with E-state index in [4.69, 9.17) is 44.3 Å². The van der Waals surface area contributed by atoms with Gasteiger partial charge in [0.05, 0.1) is 10.7 Å². The second-order valence-corrected chi connectivity index (χ2v) is 5.20. The van der Waals surface area contributed by atoms with Crippen molar-refractivity contribution in [2.24, 2.45) is 0 Å². The Morgan fingerprint density at radius 3 is 2.24 bits per heavy atom. The molecule has 0 N–H and O–H groups in total. The molecule has 2 aromatic rings. The Balaban J connectivity index is 1.84. The van der Waals surface area contributed by atoms with Crippen molar-refractivity contribution < 1.29 is 13.9 Å². The van der Waals surface area contributed by atoms with Gasteiger partial charge in [-0.2, -0.15) is 0 Å². The van der Waals surface area contributed by atoms with E-state index in [1.165, 1.54) is 6.07 Å². The minimum absolute atomic E-state index is 0.120. The Morgan fingerprint density at radius 2 is 1.62 bits per heavy atom. The first-order valence-corrected chi connectivity index (χ1v) is 7.15. The number of rotatable bonds is 6. The zero-order valence-electron chi connectivity index (χ0n) is 10.8. The van der Waals surface area contributed by atoms with Gasteiger partial charge in [0, 0.05) is 5.02 Å². The van der Waals surface area contributed by atoms with E-state index in [0.717, 1.165) is 0 Å². The average molecular weight is 351 g/mol. The molecule has 1 aromatic carbocycles. The molecule has 21 heavy (non-hydrogen) atoms. The third kappa shape index (κ3) is 4.63. The fraction of sp³-hybridized carbons (Fsp3) is 0.214. The summed E-state index contributed by atoms with van der Waals surface area (Å²) in [7, 11) is 0. The lowest BCUT2D eigenvalue weighted by Crippen LogP contribution is -2.09. The van der Waals surface area contributed by atoms with E-state index in [-0.39, 0.29) is 24.1 Å². The van der Waals surface area contributed by atoms with Crippen molar-refractivity contribution in [3.63, 3.8) is 0 Å². The van der Waals surface area contributed by atoms with Gasteiger partial charge in [-0.3, -0.25) is 0 Å². The summed E-state index contributed by atoms with van der Waals surface area (Å²) in [5, 5.41) is 1.08. The van der Waals surface area contributed by atoms with Crippen molar-refractivity contribution in [1.82, 2.24) is 4.98 Å². The number of ether oxygens (including phenoxy) is 2. The minimum atomic E-state index is -0.668. The quantitative estimate of drug-likeness (QED) is 0.544. The monoisotopic (exact) mass is 349 g/mol. The highest BCUT2D eigenvalue weighted by molar-refractivity contribution is 6.35. The van der Waals surface area contributed by atoms with Crippen LogP contribution in [0, 0.1) is 0 Å². The van der Waals surface area contributed by atoms with Crippen LogP contribution < -0.4 is 9.47 Å². The second kappa shape index (κ2) is 7.69. The number of aromatic nitrogens is 1. The molecular formula is C14H11Cl3FNO2. The lowest BCUT2D eigenvalue weighted by molar-refractivity contribution is 0.217. The molecule has 0 spiro atoms. The van der Waals surface area contributed by atoms with Gasteiger partial charge in [0.15, 0.2) is 10.9 Å². The molecule has 0 bridgehead atoms. The molecule has 1 aromatic heterocycles. The second-order valence-electron chi connectivity index (χ2n) is 4.00. The molecule has 0 saturated carbocycles. The largest absolute Gasteiger partial charge is 0.488 e. The van der Waals surface area contributed by atoms with Crippen molar-refractivity contribution >= 4 is 34.8 Å². The van der Waals surface area contributed by atoms with Crippen LogP contribution in [0.5, 0.6) is 11.5 Å². The predicted octanol–water partition coefficient (Wildman–Crippen LogP) is 4.97. The maximum absolute atomic E-state index is 12.4. The van der Waals surface area contributed by atoms with E-state index < -0.39 is 6.67 Å². The van der Waals surface area contributed by atoms with Gasteiger partial charge >= 0.3 is 0 Å². The molecule has 0 amide bonds. The topological polar surface area (TPSA) is 31.4 Å². The first-order valence-electron chi connectivity index (χ1n) is 6.02. The zero-order chi connectivity index (χ0) is 15.2. The molecule has 0 radical (unpaired) electrons. The van der Waals surface area contributed by atoms with E-state index in [1.807, 2.05) is 0 Å². The molecule has 2 rings (SSSR count). The highest BCUT2D eigenvalue weighted by Gasteiger charge is 2.06. The van der Waals surface area contributed by atoms with Gasteiger partial charge in [0.2, 0.25) is 0 Å². The van der Waals surface area contributed by atoms with E-state index >= 15 is 0 Å². The van der Waals surface area contributed by atoms with E-state index in [9.17, 15) is 4.39 Å². The number of nitrogens with zero attached hydrogens (tertiary/aromatic N) is 1. The van der Waals surface area contributed by atoms with Gasteiger partial charge in [0.25, 0.3) is 0 Å². The molecular weight excluding hydrogens is 340 g/mol. The lowest BCUT2D eigenvalue weighted by Gasteiger charge is -2.10. The average Bonchev–Trinajstić information content (AvgIpc) is 2.46. The normalized spacial score (nSPS) is 10.5. The molecule has 1 heterocycles. The summed E-state index contributed by atoms with van der Waals surface area (Å²) in [6.07, 6.45) is 0. The number of hydrogen-bond donors (Lipinski definition) is 0. The van der Waals surface area contributed by atoms with Crippen LogP contribution >= 0.6 is 34.8 Å². The van der Waals surface area contributed by atoms with Gasteiger partial charge in [-0.05, 0) is 30.3 Å². The standard InChI is InChI=1S/C14H11Cl3FNO2/c15-9-1-3-12(11(16)7-9)20-5-6-21-13-4-2-10(8-18)19-14(13)17/h1-4,7H,5-6,8H2. The highest BCUT2D eigenvalue weighted by Crippen LogP contribution is 2.27. The van der Waals surface area contributed by atoms with Crippen molar-refractivity contribution in [2.75, 3.05) is 13.2 Å². The summed E-state index contributed by atoms with van der Waals surface area (Å²) < 4.78 is 23.3. The van der Waals surface area contributed by atoms with Crippen LogP contribution in [0.4, 0.5) is 4.39 Å². The minimum Gasteiger partial charge on any atom is -0.488 e. The fourth-order valence-electron chi connectivity index (χ4n) is 1.54. The Labute approximate surface area is 136 Å². The van der Waals surface area contributed by atoms with Crippen LogP contribution in [0.2, 0.25) is 15.2 Å². The molecule has 112 valence electrons. The van der Waals surface area contributed by atoms with Gasteiger partial charge in [-0.15, -0.1) is 0 Å². The third-order valence-electron chi connectivity index (χ3n) is 2.50. The van der Waals surface area contributed by atoms with E-state index in [1.54, 1.807) is 24.3 Å². The summed E-state index contributed by atoms with van der Waals surface area (Å²) in [5.74, 6) is 0.890. The summed E-state index contributed by atoms with van der Waals surface area (Å²) >= 11 is 17.6. The Bertz CT molecular complexity index is 625. The summed E-state index contributed by atoms with van der Waals surface area (Å²) in [6, 6.07) is 8.03. The first kappa shape index (κ1) is 16.1. The van der Waals surface area contributed by atoms with Crippen molar-refractivity contribution in [3.05, 3.63) is 51.2 Å². The van der Waals surface area contributed by atoms with Crippen molar-refractivity contribution in [1.29, 1.82) is 0 Å². The number of pyridine rings is 1. The zero-order valence-corrected chi connectivity index (χ0v) is 13.1. The Kier molecular flexibility index (Phi) is 5.91. The predicted molar refractivity (Wildman–Crippen MR) is 81.5 cm³/mol. The van der Waals surface area contributed by atoms with Crippen LogP contribution in [-0.2, 0) is 6.67 Å². The van der Waals surface area contributed by atoms with Gasteiger partial charge in [-0.25, -0.2) is 9.37 Å². The molecule has 0 fully saturated rings. The van der Waals surface area contributed by atoms with Crippen LogP contribution in [0.1, 0.15) is 5.69 Å².